The van der Waals surface area contributed by atoms with Gasteiger partial charge >= 0.3 is 5.97 Å². The fourth-order valence-electron chi connectivity index (χ4n) is 4.65. The highest BCUT2D eigenvalue weighted by Gasteiger charge is 2.60. The summed E-state index contributed by atoms with van der Waals surface area (Å²) in [4.78, 5) is 27.6. The zero-order valence-corrected chi connectivity index (χ0v) is 19.4. The van der Waals surface area contributed by atoms with Crippen LogP contribution in [0, 0.1) is 0 Å². The van der Waals surface area contributed by atoms with Gasteiger partial charge in [-0.05, 0) is 55.2 Å². The maximum absolute atomic E-state index is 13.0. The van der Waals surface area contributed by atoms with Gasteiger partial charge in [0.1, 0.15) is 6.33 Å². The Kier molecular flexibility index (Phi) is 5.36. The van der Waals surface area contributed by atoms with Gasteiger partial charge in [0.15, 0.2) is 11.3 Å². The maximum Gasteiger partial charge on any atom is 0.357 e. The smallest absolute Gasteiger partial charge is 0.357 e. The second-order valence-corrected chi connectivity index (χ2v) is 8.65. The standard InChI is InChI=1S/C28H25N3O3/c1-4-33-26(32)25-27(2,23-14-15-24-21(16-23)17-29-18-30-24)28(3,34-31-25)22-12-10-20(11-13-22)19-8-6-5-7-9-19/h5-18H,4H2,1-3H3. The van der Waals surface area contributed by atoms with E-state index in [4.69, 9.17) is 9.57 Å². The number of benzene rings is 3. The molecule has 4 aromatic rings. The van der Waals surface area contributed by atoms with Crippen LogP contribution < -0.4 is 0 Å². The van der Waals surface area contributed by atoms with E-state index in [9.17, 15) is 4.79 Å². The second-order valence-electron chi connectivity index (χ2n) is 8.65. The van der Waals surface area contributed by atoms with Crippen LogP contribution in [0.15, 0.2) is 90.5 Å². The molecule has 0 radical (unpaired) electrons. The van der Waals surface area contributed by atoms with Gasteiger partial charge in [-0.2, -0.15) is 0 Å². The summed E-state index contributed by atoms with van der Waals surface area (Å²) in [6.07, 6.45) is 3.28. The Morgan fingerprint density at radius 3 is 2.38 bits per heavy atom. The number of fused-ring (bicyclic) bond motifs is 1. The van der Waals surface area contributed by atoms with Gasteiger partial charge in [-0.25, -0.2) is 14.8 Å². The van der Waals surface area contributed by atoms with E-state index in [-0.39, 0.29) is 12.3 Å². The maximum atomic E-state index is 13.0. The highest BCUT2D eigenvalue weighted by atomic mass is 16.7. The van der Waals surface area contributed by atoms with E-state index < -0.39 is 17.0 Å². The molecule has 0 fully saturated rings. The molecule has 34 heavy (non-hydrogen) atoms. The van der Waals surface area contributed by atoms with Crippen LogP contribution in [-0.2, 0) is 25.4 Å². The molecular formula is C28H25N3O3. The van der Waals surface area contributed by atoms with Gasteiger partial charge in [0.2, 0.25) is 0 Å². The highest BCUT2D eigenvalue weighted by molar-refractivity contribution is 6.40. The lowest BCUT2D eigenvalue weighted by Gasteiger charge is -2.39. The predicted molar refractivity (Wildman–Crippen MR) is 131 cm³/mol. The number of hydrogen-bond acceptors (Lipinski definition) is 6. The van der Waals surface area contributed by atoms with Crippen molar-refractivity contribution in [3.8, 4) is 11.1 Å². The Morgan fingerprint density at radius 1 is 0.941 bits per heavy atom. The Morgan fingerprint density at radius 2 is 1.65 bits per heavy atom. The number of carbonyl (C=O) groups excluding carboxylic acids is 1. The van der Waals surface area contributed by atoms with E-state index in [1.54, 1.807) is 13.1 Å². The number of hydrogen-bond donors (Lipinski definition) is 0. The molecule has 2 unspecified atom stereocenters. The van der Waals surface area contributed by atoms with Gasteiger partial charge < -0.3 is 9.57 Å². The Hall–Kier alpha value is -4.06. The molecule has 170 valence electrons. The van der Waals surface area contributed by atoms with Crippen LogP contribution in [0.25, 0.3) is 22.0 Å². The molecule has 2 atom stereocenters. The summed E-state index contributed by atoms with van der Waals surface area (Å²) in [7, 11) is 0. The van der Waals surface area contributed by atoms with Gasteiger partial charge in [-0.3, -0.25) is 0 Å². The van der Waals surface area contributed by atoms with Crippen molar-refractivity contribution in [3.05, 3.63) is 96.4 Å². The van der Waals surface area contributed by atoms with Crippen molar-refractivity contribution in [2.75, 3.05) is 6.61 Å². The van der Waals surface area contributed by atoms with Crippen molar-refractivity contribution >= 4 is 22.6 Å². The average Bonchev–Trinajstić information content (AvgIpc) is 3.17. The molecule has 0 bridgehead atoms. The first-order chi connectivity index (χ1) is 16.5. The number of oxime groups is 1. The van der Waals surface area contributed by atoms with Crippen LogP contribution in [-0.4, -0.2) is 28.3 Å². The highest BCUT2D eigenvalue weighted by Crippen LogP contribution is 2.51. The molecule has 6 heteroatoms. The fourth-order valence-corrected chi connectivity index (χ4v) is 4.65. The quantitative estimate of drug-likeness (QED) is 0.379. The molecule has 5 rings (SSSR count). The van der Waals surface area contributed by atoms with Crippen molar-refractivity contribution in [1.82, 2.24) is 9.97 Å². The molecule has 0 saturated heterocycles. The fraction of sp³-hybridized carbons (Fsp3) is 0.214. The first-order valence-corrected chi connectivity index (χ1v) is 11.3. The molecule has 0 N–H and O–H groups in total. The molecule has 1 aliphatic heterocycles. The molecule has 0 saturated carbocycles. The SMILES string of the molecule is CCOC(=O)C1=NOC(C)(c2ccc(-c3ccccc3)cc2)C1(C)c1ccc2ncncc2c1. The summed E-state index contributed by atoms with van der Waals surface area (Å²) in [6, 6.07) is 24.3. The molecule has 0 spiro atoms. The largest absolute Gasteiger partial charge is 0.461 e. The lowest BCUT2D eigenvalue weighted by Crippen LogP contribution is -2.50. The Balaban J connectivity index is 1.63. The summed E-state index contributed by atoms with van der Waals surface area (Å²) in [6.45, 7) is 5.97. The van der Waals surface area contributed by atoms with E-state index >= 15 is 0 Å². The first-order valence-electron chi connectivity index (χ1n) is 11.3. The molecular weight excluding hydrogens is 426 g/mol. The molecule has 0 amide bonds. The molecule has 3 aromatic carbocycles. The molecule has 1 aliphatic rings. The summed E-state index contributed by atoms with van der Waals surface area (Å²) in [5.74, 6) is -0.487. The summed E-state index contributed by atoms with van der Waals surface area (Å²) >= 11 is 0. The minimum Gasteiger partial charge on any atom is -0.461 e. The van der Waals surface area contributed by atoms with E-state index in [2.05, 4.69) is 39.4 Å². The van der Waals surface area contributed by atoms with E-state index in [1.165, 1.54) is 6.33 Å². The van der Waals surface area contributed by atoms with Gasteiger partial charge in [0.05, 0.1) is 17.5 Å². The minimum atomic E-state index is -0.951. The van der Waals surface area contributed by atoms with Crippen molar-refractivity contribution in [1.29, 1.82) is 0 Å². The van der Waals surface area contributed by atoms with Crippen molar-refractivity contribution < 1.29 is 14.4 Å². The zero-order chi connectivity index (χ0) is 23.8. The van der Waals surface area contributed by atoms with E-state index in [0.717, 1.165) is 33.2 Å². The summed E-state index contributed by atoms with van der Waals surface area (Å²) < 4.78 is 5.36. The summed E-state index contributed by atoms with van der Waals surface area (Å²) in [5, 5.41) is 5.16. The monoisotopic (exact) mass is 451 g/mol. The number of ether oxygens (including phenoxy) is 1. The Bertz CT molecular complexity index is 1390. The number of carbonyl (C=O) groups is 1. The summed E-state index contributed by atoms with van der Waals surface area (Å²) in [5.41, 5.74) is 3.20. The Labute approximate surface area is 198 Å². The van der Waals surface area contributed by atoms with Gasteiger partial charge in [-0.1, -0.05) is 65.8 Å². The molecule has 1 aromatic heterocycles. The van der Waals surface area contributed by atoms with Crippen LogP contribution in [0.2, 0.25) is 0 Å². The van der Waals surface area contributed by atoms with E-state index in [1.807, 2.05) is 62.4 Å². The zero-order valence-electron chi connectivity index (χ0n) is 19.4. The number of rotatable bonds is 5. The van der Waals surface area contributed by atoms with Crippen LogP contribution >= 0.6 is 0 Å². The third-order valence-electron chi connectivity index (χ3n) is 6.84. The third-order valence-corrected chi connectivity index (χ3v) is 6.84. The lowest BCUT2D eigenvalue weighted by molar-refractivity contribution is -0.135. The van der Waals surface area contributed by atoms with Crippen molar-refractivity contribution in [2.24, 2.45) is 5.16 Å². The normalized spacial score (nSPS) is 21.7. The van der Waals surface area contributed by atoms with E-state index in [0.29, 0.717) is 0 Å². The van der Waals surface area contributed by atoms with Crippen LogP contribution in [0.1, 0.15) is 31.9 Å². The number of aromatic nitrogens is 2. The third kappa shape index (κ3) is 3.34. The van der Waals surface area contributed by atoms with Crippen LogP contribution in [0.3, 0.4) is 0 Å². The predicted octanol–water partition coefficient (Wildman–Crippen LogP) is 5.42. The van der Waals surface area contributed by atoms with Gasteiger partial charge in [0.25, 0.3) is 0 Å². The molecule has 0 aliphatic carbocycles. The van der Waals surface area contributed by atoms with Crippen LogP contribution in [0.5, 0.6) is 0 Å². The number of nitrogens with zero attached hydrogens (tertiary/aromatic N) is 3. The minimum absolute atomic E-state index is 0.236. The second kappa shape index (κ2) is 8.37. The van der Waals surface area contributed by atoms with Crippen LogP contribution in [0.4, 0.5) is 0 Å². The van der Waals surface area contributed by atoms with Gasteiger partial charge in [0, 0.05) is 11.6 Å². The first kappa shape index (κ1) is 21.8. The molecule has 2 heterocycles. The molecule has 6 nitrogen and oxygen atoms in total. The topological polar surface area (TPSA) is 73.7 Å². The average molecular weight is 452 g/mol. The van der Waals surface area contributed by atoms with Crippen molar-refractivity contribution in [3.63, 3.8) is 0 Å². The number of esters is 1. The van der Waals surface area contributed by atoms with Crippen molar-refractivity contribution in [2.45, 2.75) is 31.8 Å². The lowest BCUT2D eigenvalue weighted by atomic mass is 9.64. The van der Waals surface area contributed by atoms with Gasteiger partial charge in [-0.15, -0.1) is 0 Å².